The van der Waals surface area contributed by atoms with Gasteiger partial charge in [0.1, 0.15) is 13.2 Å². The summed E-state index contributed by atoms with van der Waals surface area (Å²) in [6, 6.07) is 0. The Morgan fingerprint density at radius 1 is 0.309 bits per heavy atom. The second-order valence-electron chi connectivity index (χ2n) is 20.2. The first-order valence-electron chi connectivity index (χ1n) is 30.0. The van der Waals surface area contributed by atoms with E-state index in [1.165, 1.54) is 199 Å². The molecule has 6 nitrogen and oxygen atoms in total. The molecular formula is C62H114O6. The van der Waals surface area contributed by atoms with Gasteiger partial charge in [0.05, 0.1) is 0 Å². The quantitative estimate of drug-likeness (QED) is 0.0262. The number of esters is 3. The minimum atomic E-state index is -0.773. The number of carbonyl (C=O) groups excluding carboxylic acids is 3. The van der Waals surface area contributed by atoms with E-state index in [1.807, 2.05) is 0 Å². The Morgan fingerprint density at radius 3 is 0.897 bits per heavy atom. The summed E-state index contributed by atoms with van der Waals surface area (Å²) in [6.45, 7) is 6.58. The molecule has 0 aromatic rings. The monoisotopic (exact) mass is 955 g/mol. The van der Waals surface area contributed by atoms with Crippen LogP contribution in [0.3, 0.4) is 0 Å². The maximum atomic E-state index is 12.9. The third kappa shape index (κ3) is 54.6. The summed E-state index contributed by atoms with van der Waals surface area (Å²) in [7, 11) is 0. The highest BCUT2D eigenvalue weighted by Crippen LogP contribution is 2.17. The zero-order chi connectivity index (χ0) is 49.3. The van der Waals surface area contributed by atoms with Gasteiger partial charge in [-0.1, -0.05) is 288 Å². The van der Waals surface area contributed by atoms with E-state index in [0.717, 1.165) is 83.5 Å². The lowest BCUT2D eigenvalue weighted by Crippen LogP contribution is -2.30. The van der Waals surface area contributed by atoms with Gasteiger partial charge in [0.15, 0.2) is 6.10 Å². The van der Waals surface area contributed by atoms with E-state index >= 15 is 0 Å². The number of hydrogen-bond donors (Lipinski definition) is 0. The molecule has 0 spiro atoms. The topological polar surface area (TPSA) is 78.9 Å². The van der Waals surface area contributed by atoms with Gasteiger partial charge in [0.2, 0.25) is 0 Å². The summed E-state index contributed by atoms with van der Waals surface area (Å²) >= 11 is 0. The minimum absolute atomic E-state index is 0.0711. The molecule has 0 amide bonds. The van der Waals surface area contributed by atoms with Gasteiger partial charge >= 0.3 is 17.9 Å². The van der Waals surface area contributed by atoms with Crippen LogP contribution in [0.1, 0.15) is 323 Å². The van der Waals surface area contributed by atoms with Crippen molar-refractivity contribution in [2.75, 3.05) is 13.2 Å². The normalized spacial score (nSPS) is 12.2. The fraction of sp³-hybridized carbons (Fsp3) is 0.855. The second kappa shape index (κ2) is 57.2. The van der Waals surface area contributed by atoms with Gasteiger partial charge in [0.25, 0.3) is 0 Å². The van der Waals surface area contributed by atoms with E-state index < -0.39 is 6.10 Å². The number of carbonyl (C=O) groups is 3. The predicted octanol–water partition coefficient (Wildman–Crippen LogP) is 20.0. The van der Waals surface area contributed by atoms with Crippen LogP contribution in [-0.4, -0.2) is 37.2 Å². The maximum absolute atomic E-state index is 12.9. The molecule has 6 heteroatoms. The average molecular weight is 956 g/mol. The molecule has 0 fully saturated rings. The van der Waals surface area contributed by atoms with Crippen LogP contribution in [0.15, 0.2) is 36.5 Å². The number of unbranched alkanes of at least 4 members (excludes halogenated alkanes) is 38. The van der Waals surface area contributed by atoms with E-state index in [4.69, 9.17) is 14.2 Å². The summed E-state index contributed by atoms with van der Waals surface area (Å²) in [5.41, 5.74) is 0. The van der Waals surface area contributed by atoms with E-state index in [2.05, 4.69) is 57.2 Å². The van der Waals surface area contributed by atoms with Gasteiger partial charge in [0, 0.05) is 19.3 Å². The Morgan fingerprint density at radius 2 is 0.574 bits per heavy atom. The molecule has 0 heterocycles. The number of ether oxygens (including phenoxy) is 3. The Hall–Kier alpha value is -2.37. The Balaban J connectivity index is 4.32. The molecule has 0 aliphatic carbocycles. The van der Waals surface area contributed by atoms with E-state index in [9.17, 15) is 14.4 Å². The molecule has 0 aliphatic rings. The van der Waals surface area contributed by atoms with Crippen molar-refractivity contribution in [1.82, 2.24) is 0 Å². The van der Waals surface area contributed by atoms with Crippen LogP contribution in [0, 0.1) is 0 Å². The molecule has 0 aliphatic heterocycles. The SMILES string of the molecule is CC/C=C\C/C=C\C/C=C\CCCCCCCCCC(=O)OC(COC(=O)CCCCCCCCCCCCCCCC)COC(=O)CCCCCCCCCCCCCCCCCCCCC. The van der Waals surface area contributed by atoms with Crippen LogP contribution in [0.2, 0.25) is 0 Å². The standard InChI is InChI=1S/C62H114O6/c1-4-7-10-13-16-19-22-25-28-30-31-33-34-37-40-43-46-49-52-55-61(64)67-58-59(57-66-60(63)54-51-48-45-42-39-36-27-24-21-18-15-12-9-6-3)68-62(65)56-53-50-47-44-41-38-35-32-29-26-23-20-17-14-11-8-5-2/h8,11,17,20,26,29,59H,4-7,9-10,12-16,18-19,21-25,27-28,30-58H2,1-3H3/b11-8-,20-17-,29-26-. The van der Waals surface area contributed by atoms with Crippen LogP contribution >= 0.6 is 0 Å². The van der Waals surface area contributed by atoms with E-state index in [1.54, 1.807) is 0 Å². The lowest BCUT2D eigenvalue weighted by atomic mass is 10.0. The van der Waals surface area contributed by atoms with Crippen LogP contribution in [0.4, 0.5) is 0 Å². The van der Waals surface area contributed by atoms with Gasteiger partial charge in [-0.05, 0) is 51.4 Å². The van der Waals surface area contributed by atoms with Crippen molar-refractivity contribution in [2.45, 2.75) is 329 Å². The van der Waals surface area contributed by atoms with Gasteiger partial charge in [-0.3, -0.25) is 14.4 Å². The van der Waals surface area contributed by atoms with Crippen LogP contribution in [-0.2, 0) is 28.6 Å². The second-order valence-corrected chi connectivity index (χ2v) is 20.2. The van der Waals surface area contributed by atoms with Gasteiger partial charge in [-0.25, -0.2) is 0 Å². The zero-order valence-electron chi connectivity index (χ0n) is 45.6. The first kappa shape index (κ1) is 65.6. The minimum Gasteiger partial charge on any atom is -0.462 e. The van der Waals surface area contributed by atoms with Crippen molar-refractivity contribution in [1.29, 1.82) is 0 Å². The molecule has 0 rings (SSSR count). The van der Waals surface area contributed by atoms with Crippen molar-refractivity contribution in [3.05, 3.63) is 36.5 Å². The third-order valence-electron chi connectivity index (χ3n) is 13.4. The summed E-state index contributed by atoms with van der Waals surface area (Å²) in [6.07, 6.45) is 68.5. The smallest absolute Gasteiger partial charge is 0.306 e. The molecule has 0 bridgehead atoms. The first-order valence-corrected chi connectivity index (χ1v) is 30.0. The lowest BCUT2D eigenvalue weighted by Gasteiger charge is -2.18. The molecule has 0 N–H and O–H groups in total. The molecule has 0 radical (unpaired) electrons. The fourth-order valence-electron chi connectivity index (χ4n) is 8.93. The third-order valence-corrected chi connectivity index (χ3v) is 13.4. The van der Waals surface area contributed by atoms with Crippen LogP contribution < -0.4 is 0 Å². The number of allylic oxidation sites excluding steroid dienone is 6. The molecule has 1 unspecified atom stereocenters. The molecular weight excluding hydrogens is 841 g/mol. The van der Waals surface area contributed by atoms with E-state index in [-0.39, 0.29) is 31.1 Å². The van der Waals surface area contributed by atoms with Gasteiger partial charge in [-0.2, -0.15) is 0 Å². The van der Waals surface area contributed by atoms with Gasteiger partial charge in [-0.15, -0.1) is 0 Å². The first-order chi connectivity index (χ1) is 33.5. The largest absolute Gasteiger partial charge is 0.462 e. The van der Waals surface area contributed by atoms with Gasteiger partial charge < -0.3 is 14.2 Å². The van der Waals surface area contributed by atoms with Crippen molar-refractivity contribution in [2.24, 2.45) is 0 Å². The fourth-order valence-corrected chi connectivity index (χ4v) is 8.93. The Bertz CT molecular complexity index is 1140. The maximum Gasteiger partial charge on any atom is 0.306 e. The summed E-state index contributed by atoms with van der Waals surface area (Å²) in [5.74, 6) is -0.859. The number of hydrogen-bond acceptors (Lipinski definition) is 6. The molecule has 0 saturated heterocycles. The Labute approximate surface area is 423 Å². The molecule has 0 aromatic carbocycles. The lowest BCUT2D eigenvalue weighted by molar-refractivity contribution is -0.167. The summed E-state index contributed by atoms with van der Waals surface area (Å²) < 4.78 is 16.9. The number of rotatable bonds is 55. The molecule has 0 aromatic heterocycles. The summed E-state index contributed by atoms with van der Waals surface area (Å²) in [4.78, 5) is 38.2. The van der Waals surface area contributed by atoms with Crippen LogP contribution in [0.25, 0.3) is 0 Å². The van der Waals surface area contributed by atoms with Crippen molar-refractivity contribution < 1.29 is 28.6 Å². The zero-order valence-corrected chi connectivity index (χ0v) is 45.6. The van der Waals surface area contributed by atoms with Crippen molar-refractivity contribution in [3.63, 3.8) is 0 Å². The average Bonchev–Trinajstić information content (AvgIpc) is 3.34. The van der Waals surface area contributed by atoms with E-state index in [0.29, 0.717) is 19.3 Å². The molecule has 1 atom stereocenters. The highest BCUT2D eigenvalue weighted by Gasteiger charge is 2.19. The van der Waals surface area contributed by atoms with Crippen molar-refractivity contribution in [3.8, 4) is 0 Å². The Kier molecular flexibility index (Phi) is 55.2. The highest BCUT2D eigenvalue weighted by atomic mass is 16.6. The van der Waals surface area contributed by atoms with Crippen LogP contribution in [0.5, 0.6) is 0 Å². The molecule has 398 valence electrons. The van der Waals surface area contributed by atoms with Crippen molar-refractivity contribution >= 4 is 17.9 Å². The summed E-state index contributed by atoms with van der Waals surface area (Å²) in [5, 5.41) is 0. The predicted molar refractivity (Wildman–Crippen MR) is 293 cm³/mol. The molecule has 0 saturated carbocycles. The highest BCUT2D eigenvalue weighted by molar-refractivity contribution is 5.71. The molecule has 68 heavy (non-hydrogen) atoms.